The number of aliphatic hydroxyl groups is 1. The van der Waals surface area contributed by atoms with Gasteiger partial charge in [0, 0.05) is 19.8 Å². The Morgan fingerprint density at radius 1 is 1.50 bits per heavy atom. The summed E-state index contributed by atoms with van der Waals surface area (Å²) in [5.74, 6) is -0.127. The highest BCUT2D eigenvalue weighted by Gasteiger charge is 2.19. The highest BCUT2D eigenvalue weighted by Crippen LogP contribution is 2.15. The number of rotatable bonds is 3. The van der Waals surface area contributed by atoms with Gasteiger partial charge in [-0.2, -0.15) is 0 Å². The van der Waals surface area contributed by atoms with E-state index in [-0.39, 0.29) is 12.5 Å². The minimum absolute atomic E-state index is 0.0445. The van der Waals surface area contributed by atoms with Crippen LogP contribution in [0.5, 0.6) is 0 Å². The molecule has 2 aromatic rings. The maximum absolute atomic E-state index is 12.3. The van der Waals surface area contributed by atoms with Crippen LogP contribution in [0, 0.1) is 13.8 Å². The van der Waals surface area contributed by atoms with Crippen LogP contribution in [0.25, 0.3) is 5.65 Å². The molecule has 96 valence electrons. The summed E-state index contributed by atoms with van der Waals surface area (Å²) in [6.07, 6.45) is 1.85. The number of pyridine rings is 1. The van der Waals surface area contributed by atoms with E-state index in [0.29, 0.717) is 17.9 Å². The molecule has 0 radical (unpaired) electrons. The van der Waals surface area contributed by atoms with Crippen molar-refractivity contribution in [3.8, 4) is 0 Å². The first kappa shape index (κ1) is 12.6. The van der Waals surface area contributed by atoms with Gasteiger partial charge in [0.2, 0.25) is 0 Å². The second-order valence-corrected chi connectivity index (χ2v) is 4.43. The number of likely N-dealkylation sites (N-methyl/N-ethyl adjacent to an activating group) is 1. The van der Waals surface area contributed by atoms with Crippen molar-refractivity contribution >= 4 is 11.6 Å². The van der Waals surface area contributed by atoms with Gasteiger partial charge in [0.1, 0.15) is 11.3 Å². The molecule has 1 amide bonds. The zero-order valence-electron chi connectivity index (χ0n) is 10.8. The Bertz CT molecular complexity index is 589. The highest BCUT2D eigenvalue weighted by atomic mass is 16.3. The van der Waals surface area contributed by atoms with Gasteiger partial charge < -0.3 is 10.0 Å². The van der Waals surface area contributed by atoms with E-state index < -0.39 is 0 Å². The molecule has 0 saturated heterocycles. The van der Waals surface area contributed by atoms with Crippen molar-refractivity contribution in [3.05, 3.63) is 35.3 Å². The molecule has 0 atom stereocenters. The van der Waals surface area contributed by atoms with Gasteiger partial charge in [-0.1, -0.05) is 0 Å². The Morgan fingerprint density at radius 3 is 2.89 bits per heavy atom. The Kier molecular flexibility index (Phi) is 3.34. The molecule has 0 unspecified atom stereocenters. The van der Waals surface area contributed by atoms with Crippen LogP contribution in [0.3, 0.4) is 0 Å². The van der Waals surface area contributed by atoms with Crippen molar-refractivity contribution in [1.29, 1.82) is 0 Å². The van der Waals surface area contributed by atoms with Crippen molar-refractivity contribution in [3.63, 3.8) is 0 Å². The van der Waals surface area contributed by atoms with Crippen LogP contribution in [-0.2, 0) is 0 Å². The van der Waals surface area contributed by atoms with Crippen molar-refractivity contribution in [2.45, 2.75) is 13.8 Å². The summed E-state index contributed by atoms with van der Waals surface area (Å²) in [4.78, 5) is 18.2. The Balaban J connectivity index is 2.50. The van der Waals surface area contributed by atoms with Gasteiger partial charge in [0.05, 0.1) is 12.3 Å². The van der Waals surface area contributed by atoms with E-state index in [2.05, 4.69) is 4.98 Å². The Labute approximate surface area is 106 Å². The fourth-order valence-corrected chi connectivity index (χ4v) is 1.95. The maximum atomic E-state index is 12.3. The standard InChI is InChI=1S/C13H17N3O2/c1-9-4-5-16-11(8-9)14-10(2)12(16)13(18)15(3)6-7-17/h4-5,8,17H,6-7H2,1-3H3. The highest BCUT2D eigenvalue weighted by molar-refractivity contribution is 5.94. The van der Waals surface area contributed by atoms with Gasteiger partial charge in [0.15, 0.2) is 0 Å². The van der Waals surface area contributed by atoms with E-state index >= 15 is 0 Å². The van der Waals surface area contributed by atoms with E-state index in [1.54, 1.807) is 11.4 Å². The van der Waals surface area contributed by atoms with Crippen LogP contribution in [0.4, 0.5) is 0 Å². The fraction of sp³-hybridized carbons (Fsp3) is 0.385. The molecule has 5 nitrogen and oxygen atoms in total. The number of hydrogen-bond acceptors (Lipinski definition) is 3. The van der Waals surface area contributed by atoms with Gasteiger partial charge in [-0.15, -0.1) is 0 Å². The lowest BCUT2D eigenvalue weighted by molar-refractivity contribution is 0.0759. The number of nitrogens with zero attached hydrogens (tertiary/aromatic N) is 3. The van der Waals surface area contributed by atoms with E-state index in [9.17, 15) is 4.79 Å². The third-order valence-corrected chi connectivity index (χ3v) is 2.94. The molecule has 0 aliphatic heterocycles. The summed E-state index contributed by atoms with van der Waals surface area (Å²) in [5, 5.41) is 8.89. The van der Waals surface area contributed by atoms with Crippen LogP contribution < -0.4 is 0 Å². The monoisotopic (exact) mass is 247 g/mol. The summed E-state index contributed by atoms with van der Waals surface area (Å²) in [6.45, 7) is 4.08. The van der Waals surface area contributed by atoms with Crippen LogP contribution in [-0.4, -0.2) is 45.5 Å². The molecule has 2 aromatic heterocycles. The largest absolute Gasteiger partial charge is 0.395 e. The predicted molar refractivity (Wildman–Crippen MR) is 68.7 cm³/mol. The summed E-state index contributed by atoms with van der Waals surface area (Å²) >= 11 is 0. The average molecular weight is 247 g/mol. The van der Waals surface area contributed by atoms with Crippen LogP contribution in [0.2, 0.25) is 0 Å². The number of aliphatic hydroxyl groups excluding tert-OH is 1. The molecule has 2 rings (SSSR count). The number of fused-ring (bicyclic) bond motifs is 1. The molecule has 0 aliphatic carbocycles. The molecule has 0 aliphatic rings. The minimum Gasteiger partial charge on any atom is -0.395 e. The number of carbonyl (C=O) groups is 1. The molecule has 18 heavy (non-hydrogen) atoms. The van der Waals surface area contributed by atoms with Crippen molar-refractivity contribution in [2.24, 2.45) is 0 Å². The zero-order valence-corrected chi connectivity index (χ0v) is 10.8. The first-order valence-electron chi connectivity index (χ1n) is 5.86. The first-order valence-corrected chi connectivity index (χ1v) is 5.86. The minimum atomic E-state index is -0.127. The van der Waals surface area contributed by atoms with E-state index in [0.717, 1.165) is 11.2 Å². The topological polar surface area (TPSA) is 57.8 Å². The molecular formula is C13H17N3O2. The number of imidazole rings is 1. The third-order valence-electron chi connectivity index (χ3n) is 2.94. The zero-order chi connectivity index (χ0) is 13.3. The second kappa shape index (κ2) is 4.78. The first-order chi connectivity index (χ1) is 8.54. The molecule has 0 aromatic carbocycles. The molecule has 5 heteroatoms. The lowest BCUT2D eigenvalue weighted by Gasteiger charge is -2.15. The number of carbonyl (C=O) groups excluding carboxylic acids is 1. The van der Waals surface area contributed by atoms with Crippen molar-refractivity contribution in [2.75, 3.05) is 20.2 Å². The quantitative estimate of drug-likeness (QED) is 0.880. The molecule has 0 saturated carbocycles. The normalized spacial score (nSPS) is 10.9. The Morgan fingerprint density at radius 2 is 2.22 bits per heavy atom. The van der Waals surface area contributed by atoms with Crippen LogP contribution >= 0.6 is 0 Å². The summed E-state index contributed by atoms with van der Waals surface area (Å²) < 4.78 is 1.79. The summed E-state index contributed by atoms with van der Waals surface area (Å²) in [5.41, 5.74) is 3.14. The number of hydrogen-bond donors (Lipinski definition) is 1. The van der Waals surface area contributed by atoms with Gasteiger partial charge in [-0.3, -0.25) is 9.20 Å². The average Bonchev–Trinajstić information content (AvgIpc) is 2.63. The maximum Gasteiger partial charge on any atom is 0.272 e. The van der Waals surface area contributed by atoms with Gasteiger partial charge in [-0.25, -0.2) is 4.98 Å². The molecule has 0 spiro atoms. The number of aromatic nitrogens is 2. The third kappa shape index (κ3) is 2.09. The summed E-state index contributed by atoms with van der Waals surface area (Å²) in [6, 6.07) is 3.88. The van der Waals surface area contributed by atoms with E-state index in [1.165, 1.54) is 4.90 Å². The molecular weight excluding hydrogens is 230 g/mol. The molecule has 0 fully saturated rings. The van der Waals surface area contributed by atoms with Crippen LogP contribution in [0.1, 0.15) is 21.7 Å². The van der Waals surface area contributed by atoms with Gasteiger partial charge >= 0.3 is 0 Å². The van der Waals surface area contributed by atoms with Crippen LogP contribution in [0.15, 0.2) is 18.3 Å². The number of amides is 1. The van der Waals surface area contributed by atoms with Gasteiger partial charge in [0.25, 0.3) is 5.91 Å². The van der Waals surface area contributed by atoms with E-state index in [4.69, 9.17) is 5.11 Å². The molecule has 0 bridgehead atoms. The lowest BCUT2D eigenvalue weighted by atomic mass is 10.3. The van der Waals surface area contributed by atoms with Crippen molar-refractivity contribution in [1.82, 2.24) is 14.3 Å². The molecule has 2 heterocycles. The predicted octanol–water partition coefficient (Wildman–Crippen LogP) is 1.02. The Hall–Kier alpha value is -1.88. The number of aryl methyl sites for hydroxylation is 2. The molecule has 1 N–H and O–H groups in total. The van der Waals surface area contributed by atoms with Crippen molar-refractivity contribution < 1.29 is 9.90 Å². The lowest BCUT2D eigenvalue weighted by Crippen LogP contribution is -2.30. The fourth-order valence-electron chi connectivity index (χ4n) is 1.95. The smallest absolute Gasteiger partial charge is 0.272 e. The van der Waals surface area contributed by atoms with E-state index in [1.807, 2.05) is 32.2 Å². The second-order valence-electron chi connectivity index (χ2n) is 4.43. The SMILES string of the molecule is Cc1ccn2c(C(=O)N(C)CCO)c(C)nc2c1. The van der Waals surface area contributed by atoms with Gasteiger partial charge in [-0.05, 0) is 31.5 Å². The summed E-state index contributed by atoms with van der Waals surface area (Å²) in [7, 11) is 1.67.